The van der Waals surface area contributed by atoms with Crippen LogP contribution in [0, 0.1) is 0 Å². The Labute approximate surface area is 122 Å². The maximum absolute atomic E-state index is 5.69. The Morgan fingerprint density at radius 1 is 1.10 bits per heavy atom. The van der Waals surface area contributed by atoms with E-state index in [0.29, 0.717) is 6.54 Å². The molecule has 3 nitrogen and oxygen atoms in total. The number of fused-ring (bicyclic) bond motifs is 1. The van der Waals surface area contributed by atoms with Gasteiger partial charge in [-0.05, 0) is 24.1 Å². The van der Waals surface area contributed by atoms with E-state index in [1.807, 2.05) is 0 Å². The molecule has 3 heteroatoms. The van der Waals surface area contributed by atoms with E-state index in [2.05, 4.69) is 36.7 Å². The van der Waals surface area contributed by atoms with E-state index in [1.165, 1.54) is 49.9 Å². The lowest BCUT2D eigenvalue weighted by atomic mass is 10.1. The maximum atomic E-state index is 5.69. The van der Waals surface area contributed by atoms with E-state index in [1.54, 1.807) is 0 Å². The van der Waals surface area contributed by atoms with E-state index in [-0.39, 0.29) is 0 Å². The van der Waals surface area contributed by atoms with Crippen molar-refractivity contribution in [3.05, 3.63) is 29.6 Å². The van der Waals surface area contributed by atoms with Crippen molar-refractivity contribution in [2.24, 2.45) is 12.8 Å². The summed E-state index contributed by atoms with van der Waals surface area (Å²) < 4.78 is 2.22. The Hall–Kier alpha value is -1.35. The molecule has 0 saturated heterocycles. The van der Waals surface area contributed by atoms with Crippen LogP contribution in [0.15, 0.2) is 18.2 Å². The van der Waals surface area contributed by atoms with Gasteiger partial charge in [-0.1, -0.05) is 45.1 Å². The summed E-state index contributed by atoms with van der Waals surface area (Å²) in [5.74, 6) is 1.20. The summed E-state index contributed by atoms with van der Waals surface area (Å²) in [7, 11) is 2.11. The van der Waals surface area contributed by atoms with Gasteiger partial charge in [0.25, 0.3) is 0 Å². The highest BCUT2D eigenvalue weighted by molar-refractivity contribution is 5.76. The number of hydrogen-bond donors (Lipinski definition) is 1. The standard InChI is InChI=1S/C17H27N3/c1-3-4-5-6-7-8-9-17-19-15-12-14(13-18)10-11-16(15)20(17)2/h10-12H,3-9,13,18H2,1-2H3. The molecule has 0 amide bonds. The van der Waals surface area contributed by atoms with Gasteiger partial charge in [0, 0.05) is 20.0 Å². The summed E-state index contributed by atoms with van der Waals surface area (Å²) in [4.78, 5) is 4.76. The van der Waals surface area contributed by atoms with Crippen molar-refractivity contribution in [1.29, 1.82) is 0 Å². The average Bonchev–Trinajstić information content (AvgIpc) is 2.78. The summed E-state index contributed by atoms with van der Waals surface area (Å²) in [5, 5.41) is 0. The quantitative estimate of drug-likeness (QED) is 0.740. The number of nitrogens with zero attached hydrogens (tertiary/aromatic N) is 2. The molecule has 20 heavy (non-hydrogen) atoms. The van der Waals surface area contributed by atoms with Gasteiger partial charge in [-0.2, -0.15) is 0 Å². The first-order valence-electron chi connectivity index (χ1n) is 7.90. The molecule has 0 atom stereocenters. The van der Waals surface area contributed by atoms with Gasteiger partial charge in [0.1, 0.15) is 5.82 Å². The third kappa shape index (κ3) is 3.60. The Morgan fingerprint density at radius 2 is 1.85 bits per heavy atom. The zero-order valence-corrected chi connectivity index (χ0v) is 12.9. The molecule has 0 aliphatic rings. The normalized spacial score (nSPS) is 11.3. The number of unbranched alkanes of at least 4 members (excludes halogenated alkanes) is 5. The van der Waals surface area contributed by atoms with Crippen LogP contribution < -0.4 is 5.73 Å². The zero-order valence-electron chi connectivity index (χ0n) is 12.9. The number of rotatable bonds is 8. The Bertz CT molecular complexity index is 542. The molecule has 0 radical (unpaired) electrons. The summed E-state index contributed by atoms with van der Waals surface area (Å²) in [6, 6.07) is 6.34. The van der Waals surface area contributed by atoms with Crippen LogP contribution in [-0.2, 0) is 20.0 Å². The van der Waals surface area contributed by atoms with Gasteiger partial charge in [-0.15, -0.1) is 0 Å². The van der Waals surface area contributed by atoms with Crippen LogP contribution in [0.4, 0.5) is 0 Å². The molecule has 2 aromatic rings. The third-order valence-electron chi connectivity index (χ3n) is 4.03. The predicted octanol–water partition coefficient (Wildman–Crippen LogP) is 3.94. The first-order valence-corrected chi connectivity index (χ1v) is 7.90. The van der Waals surface area contributed by atoms with Crippen molar-refractivity contribution in [3.63, 3.8) is 0 Å². The van der Waals surface area contributed by atoms with Crippen LogP contribution in [0.3, 0.4) is 0 Å². The minimum Gasteiger partial charge on any atom is -0.331 e. The lowest BCUT2D eigenvalue weighted by Crippen LogP contribution is -1.98. The van der Waals surface area contributed by atoms with E-state index in [4.69, 9.17) is 10.7 Å². The molecular weight excluding hydrogens is 246 g/mol. The molecule has 0 unspecified atom stereocenters. The van der Waals surface area contributed by atoms with E-state index >= 15 is 0 Å². The smallest absolute Gasteiger partial charge is 0.109 e. The number of aryl methyl sites for hydroxylation is 2. The Balaban J connectivity index is 1.94. The predicted molar refractivity (Wildman–Crippen MR) is 85.7 cm³/mol. The van der Waals surface area contributed by atoms with Gasteiger partial charge in [0.2, 0.25) is 0 Å². The van der Waals surface area contributed by atoms with Crippen molar-refractivity contribution >= 4 is 11.0 Å². The van der Waals surface area contributed by atoms with Crippen LogP contribution in [0.5, 0.6) is 0 Å². The average molecular weight is 273 g/mol. The minimum absolute atomic E-state index is 0.583. The first kappa shape index (κ1) is 15.0. The van der Waals surface area contributed by atoms with Gasteiger partial charge >= 0.3 is 0 Å². The topological polar surface area (TPSA) is 43.8 Å². The molecule has 110 valence electrons. The maximum Gasteiger partial charge on any atom is 0.109 e. The molecule has 1 heterocycles. The Kier molecular flexibility index (Phi) is 5.60. The zero-order chi connectivity index (χ0) is 14.4. The summed E-state index contributed by atoms with van der Waals surface area (Å²) in [5.41, 5.74) is 9.13. The van der Waals surface area contributed by atoms with Crippen molar-refractivity contribution in [2.45, 2.75) is 58.4 Å². The van der Waals surface area contributed by atoms with Crippen molar-refractivity contribution in [1.82, 2.24) is 9.55 Å². The summed E-state index contributed by atoms with van der Waals surface area (Å²) in [6.07, 6.45) is 9.05. The van der Waals surface area contributed by atoms with Crippen molar-refractivity contribution in [3.8, 4) is 0 Å². The van der Waals surface area contributed by atoms with Gasteiger partial charge < -0.3 is 10.3 Å². The summed E-state index contributed by atoms with van der Waals surface area (Å²) in [6.45, 7) is 2.84. The molecule has 2 rings (SSSR count). The molecule has 1 aromatic carbocycles. The molecule has 1 aromatic heterocycles. The van der Waals surface area contributed by atoms with Crippen LogP contribution in [-0.4, -0.2) is 9.55 Å². The van der Waals surface area contributed by atoms with Gasteiger partial charge in [0.15, 0.2) is 0 Å². The number of aromatic nitrogens is 2. The SMILES string of the molecule is CCCCCCCCc1nc2cc(CN)ccc2n1C. The third-order valence-corrected chi connectivity index (χ3v) is 4.03. The van der Waals surface area contributed by atoms with E-state index < -0.39 is 0 Å². The molecule has 0 spiro atoms. The fourth-order valence-corrected chi connectivity index (χ4v) is 2.71. The van der Waals surface area contributed by atoms with E-state index in [9.17, 15) is 0 Å². The second-order valence-electron chi connectivity index (χ2n) is 5.63. The van der Waals surface area contributed by atoms with Gasteiger partial charge in [0.05, 0.1) is 11.0 Å². The lowest BCUT2D eigenvalue weighted by molar-refractivity contribution is 0.596. The molecule has 0 fully saturated rings. The number of imidazole rings is 1. The fourth-order valence-electron chi connectivity index (χ4n) is 2.71. The number of hydrogen-bond acceptors (Lipinski definition) is 2. The van der Waals surface area contributed by atoms with Crippen molar-refractivity contribution < 1.29 is 0 Å². The van der Waals surface area contributed by atoms with Crippen LogP contribution >= 0.6 is 0 Å². The van der Waals surface area contributed by atoms with Crippen LogP contribution in [0.2, 0.25) is 0 Å². The second-order valence-corrected chi connectivity index (χ2v) is 5.63. The van der Waals surface area contributed by atoms with Gasteiger partial charge in [-0.3, -0.25) is 0 Å². The molecular formula is C17H27N3. The molecule has 0 bridgehead atoms. The molecule has 0 saturated carbocycles. The second kappa shape index (κ2) is 7.44. The highest BCUT2D eigenvalue weighted by Gasteiger charge is 2.07. The molecule has 0 aliphatic heterocycles. The molecule has 0 aliphatic carbocycles. The highest BCUT2D eigenvalue weighted by atomic mass is 15.1. The van der Waals surface area contributed by atoms with E-state index in [0.717, 1.165) is 17.5 Å². The monoisotopic (exact) mass is 273 g/mol. The van der Waals surface area contributed by atoms with Crippen LogP contribution in [0.25, 0.3) is 11.0 Å². The van der Waals surface area contributed by atoms with Crippen molar-refractivity contribution in [2.75, 3.05) is 0 Å². The highest BCUT2D eigenvalue weighted by Crippen LogP contribution is 2.18. The largest absolute Gasteiger partial charge is 0.331 e. The van der Waals surface area contributed by atoms with Crippen LogP contribution in [0.1, 0.15) is 56.8 Å². The first-order chi connectivity index (χ1) is 9.76. The van der Waals surface area contributed by atoms with Gasteiger partial charge in [-0.25, -0.2) is 4.98 Å². The summed E-state index contributed by atoms with van der Waals surface area (Å²) >= 11 is 0. The number of benzene rings is 1. The fraction of sp³-hybridized carbons (Fsp3) is 0.588. The number of nitrogens with two attached hydrogens (primary N) is 1. The Morgan fingerprint density at radius 3 is 2.60 bits per heavy atom. The minimum atomic E-state index is 0.583. The molecule has 2 N–H and O–H groups in total. The lowest BCUT2D eigenvalue weighted by Gasteiger charge is -2.03.